The first-order valence-corrected chi connectivity index (χ1v) is 16.2. The van der Waals surface area contributed by atoms with E-state index in [4.69, 9.17) is 9.47 Å². The fourth-order valence-corrected chi connectivity index (χ4v) is 7.39. The Morgan fingerprint density at radius 2 is 1.80 bits per heavy atom. The molecule has 3 fully saturated rings. The van der Waals surface area contributed by atoms with Crippen LogP contribution in [-0.2, 0) is 10.3 Å². The van der Waals surface area contributed by atoms with Gasteiger partial charge in [0.2, 0.25) is 0 Å². The summed E-state index contributed by atoms with van der Waals surface area (Å²) in [6, 6.07) is 8.24. The second-order valence-corrected chi connectivity index (χ2v) is 12.6. The smallest absolute Gasteiger partial charge is 0.317 e. The molecule has 3 N–H and O–H groups in total. The van der Waals surface area contributed by atoms with Crippen molar-refractivity contribution in [2.45, 2.75) is 114 Å². The number of hydrogen-bond donors (Lipinski definition) is 3. The topological polar surface area (TPSA) is 83.1 Å². The van der Waals surface area contributed by atoms with Gasteiger partial charge in [0, 0.05) is 50.9 Å². The third-order valence-corrected chi connectivity index (χ3v) is 9.61. The molecule has 1 aromatic rings. The highest BCUT2D eigenvalue weighted by Crippen LogP contribution is 2.44. The number of benzene rings is 1. The Bertz CT molecular complexity index is 886. The van der Waals surface area contributed by atoms with Crippen LogP contribution in [0.25, 0.3) is 0 Å². The van der Waals surface area contributed by atoms with Crippen LogP contribution in [-0.4, -0.2) is 68.6 Å². The molecule has 1 aliphatic heterocycles. The number of amides is 2. The van der Waals surface area contributed by atoms with Crippen LogP contribution in [0.3, 0.4) is 0 Å². The van der Waals surface area contributed by atoms with E-state index in [0.29, 0.717) is 25.5 Å². The van der Waals surface area contributed by atoms with Gasteiger partial charge in [0.25, 0.3) is 0 Å². The van der Waals surface area contributed by atoms with E-state index in [1.165, 1.54) is 44.9 Å². The quantitative estimate of drug-likeness (QED) is 0.245. The van der Waals surface area contributed by atoms with Gasteiger partial charge in [-0.3, -0.25) is 0 Å². The molecule has 40 heavy (non-hydrogen) atoms. The average molecular weight is 558 g/mol. The molecular formula is C33H55N3O4. The number of methoxy groups -OCH3 is 1. The molecule has 1 heterocycles. The molecule has 1 aromatic carbocycles. The van der Waals surface area contributed by atoms with E-state index < -0.39 is 5.60 Å². The van der Waals surface area contributed by atoms with Gasteiger partial charge in [-0.15, -0.1) is 0 Å². The van der Waals surface area contributed by atoms with Crippen LogP contribution in [0.1, 0.15) is 102 Å². The number of nitrogens with one attached hydrogen (secondary N) is 2. The van der Waals surface area contributed by atoms with Crippen molar-refractivity contribution in [1.29, 1.82) is 0 Å². The zero-order valence-electron chi connectivity index (χ0n) is 25.2. The molecule has 3 aliphatic rings. The SMILES string of the molecule is CNCC(CC1CCCCC1)NC(=O)N1CCCC(C(O)(CCCCOC)c2ccccc2OC2CCCC2)C1. The largest absolute Gasteiger partial charge is 0.490 e. The molecule has 226 valence electrons. The van der Waals surface area contributed by atoms with Gasteiger partial charge < -0.3 is 30.1 Å². The lowest BCUT2D eigenvalue weighted by atomic mass is 9.73. The van der Waals surface area contributed by atoms with Crippen LogP contribution >= 0.6 is 0 Å². The Hall–Kier alpha value is -1.83. The van der Waals surface area contributed by atoms with Crippen molar-refractivity contribution < 1.29 is 19.4 Å². The molecule has 0 spiro atoms. The monoisotopic (exact) mass is 557 g/mol. The fourth-order valence-electron chi connectivity index (χ4n) is 7.39. The van der Waals surface area contributed by atoms with Gasteiger partial charge in [0.1, 0.15) is 5.75 Å². The predicted octanol–water partition coefficient (Wildman–Crippen LogP) is 5.99. The fraction of sp³-hybridized carbons (Fsp3) is 0.788. The maximum atomic E-state index is 13.6. The number of likely N-dealkylation sites (tertiary alicyclic amines) is 1. The van der Waals surface area contributed by atoms with Crippen molar-refractivity contribution in [2.75, 3.05) is 40.4 Å². The number of ether oxygens (including phenoxy) is 2. The molecule has 0 bridgehead atoms. The van der Waals surface area contributed by atoms with Crippen LogP contribution in [0, 0.1) is 11.8 Å². The standard InChI is InChI=1S/C33H55N3O4/c1-34-24-28(23-26-13-4-3-5-14-26)35-32(37)36-21-12-15-27(25-36)33(38,20-10-11-22-39-2)30-18-8-9-19-31(30)40-29-16-6-7-17-29/h8-9,18-19,26-29,34,38H,3-7,10-17,20-25H2,1-2H3,(H,35,37). The third kappa shape index (κ3) is 8.59. The molecule has 1 saturated heterocycles. The van der Waals surface area contributed by atoms with Crippen LogP contribution in [0.5, 0.6) is 5.75 Å². The Balaban J connectivity index is 1.48. The number of likely N-dealkylation sites (N-methyl/N-ethyl adjacent to an activating group) is 1. The van der Waals surface area contributed by atoms with Gasteiger partial charge in [-0.05, 0) is 83.2 Å². The molecule has 2 amide bonds. The number of aliphatic hydroxyl groups is 1. The van der Waals surface area contributed by atoms with Crippen molar-refractivity contribution >= 4 is 6.03 Å². The van der Waals surface area contributed by atoms with Gasteiger partial charge in [0.15, 0.2) is 0 Å². The normalized spacial score (nSPS) is 23.1. The molecule has 7 heteroatoms. The molecule has 0 aromatic heterocycles. The lowest BCUT2D eigenvalue weighted by Crippen LogP contribution is -2.54. The van der Waals surface area contributed by atoms with E-state index in [9.17, 15) is 9.90 Å². The number of hydrogen-bond acceptors (Lipinski definition) is 5. The summed E-state index contributed by atoms with van der Waals surface area (Å²) in [5.74, 6) is 1.46. The minimum absolute atomic E-state index is 0.0120. The number of carbonyl (C=O) groups excluding carboxylic acids is 1. The zero-order valence-corrected chi connectivity index (χ0v) is 25.2. The molecule has 4 rings (SSSR count). The first-order valence-electron chi connectivity index (χ1n) is 16.2. The number of urea groups is 1. The molecular weight excluding hydrogens is 502 g/mol. The molecule has 3 unspecified atom stereocenters. The van der Waals surface area contributed by atoms with Crippen LogP contribution in [0.4, 0.5) is 4.79 Å². The summed E-state index contributed by atoms with van der Waals surface area (Å²) in [7, 11) is 3.69. The predicted molar refractivity (Wildman–Crippen MR) is 161 cm³/mol. The third-order valence-electron chi connectivity index (χ3n) is 9.61. The summed E-state index contributed by atoms with van der Waals surface area (Å²) in [5, 5.41) is 19.2. The van der Waals surface area contributed by atoms with E-state index in [1.54, 1.807) is 7.11 Å². The van der Waals surface area contributed by atoms with Crippen molar-refractivity contribution in [2.24, 2.45) is 11.8 Å². The number of piperidine rings is 1. The summed E-state index contributed by atoms with van der Waals surface area (Å²) < 4.78 is 11.8. The lowest BCUT2D eigenvalue weighted by Gasteiger charge is -2.43. The Labute approximate surface area is 242 Å². The van der Waals surface area contributed by atoms with Crippen LogP contribution in [0.2, 0.25) is 0 Å². The van der Waals surface area contributed by atoms with Gasteiger partial charge in [-0.2, -0.15) is 0 Å². The van der Waals surface area contributed by atoms with Gasteiger partial charge in [0.05, 0.1) is 11.7 Å². The van der Waals surface area contributed by atoms with Crippen molar-refractivity contribution in [3.63, 3.8) is 0 Å². The van der Waals surface area contributed by atoms with E-state index >= 15 is 0 Å². The Morgan fingerprint density at radius 3 is 2.55 bits per heavy atom. The zero-order chi connectivity index (χ0) is 28.2. The summed E-state index contributed by atoms with van der Waals surface area (Å²) in [5.41, 5.74) is -0.175. The van der Waals surface area contributed by atoms with E-state index in [2.05, 4.69) is 10.6 Å². The number of nitrogens with zero attached hydrogens (tertiary/aromatic N) is 1. The van der Waals surface area contributed by atoms with E-state index in [0.717, 1.165) is 69.3 Å². The Morgan fingerprint density at radius 1 is 1.05 bits per heavy atom. The number of rotatable bonds is 14. The highest BCUT2D eigenvalue weighted by Gasteiger charge is 2.43. The highest BCUT2D eigenvalue weighted by molar-refractivity contribution is 5.74. The van der Waals surface area contributed by atoms with Crippen LogP contribution < -0.4 is 15.4 Å². The number of unbranched alkanes of at least 4 members (excludes halogenated alkanes) is 1. The minimum atomic E-state index is -1.06. The minimum Gasteiger partial charge on any atom is -0.490 e. The van der Waals surface area contributed by atoms with Gasteiger partial charge in [-0.25, -0.2) is 4.79 Å². The summed E-state index contributed by atoms with van der Waals surface area (Å²) in [6.07, 6.45) is 16.5. The van der Waals surface area contributed by atoms with Crippen molar-refractivity contribution in [3.8, 4) is 5.75 Å². The Kier molecular flexibility index (Phi) is 12.4. The lowest BCUT2D eigenvalue weighted by molar-refractivity contribution is -0.0585. The molecule has 2 aliphatic carbocycles. The molecule has 2 saturated carbocycles. The number of para-hydroxylation sites is 1. The first kappa shape index (κ1) is 31.1. The summed E-state index contributed by atoms with van der Waals surface area (Å²) in [6.45, 7) is 2.76. The summed E-state index contributed by atoms with van der Waals surface area (Å²) in [4.78, 5) is 15.6. The van der Waals surface area contributed by atoms with Crippen LogP contribution in [0.15, 0.2) is 24.3 Å². The molecule has 7 nitrogen and oxygen atoms in total. The highest BCUT2D eigenvalue weighted by atomic mass is 16.5. The summed E-state index contributed by atoms with van der Waals surface area (Å²) >= 11 is 0. The first-order chi connectivity index (χ1) is 19.5. The van der Waals surface area contributed by atoms with Gasteiger partial charge in [-0.1, -0.05) is 50.3 Å². The molecule has 0 radical (unpaired) electrons. The number of carbonyl (C=O) groups is 1. The maximum Gasteiger partial charge on any atom is 0.317 e. The second kappa shape index (κ2) is 16.0. The van der Waals surface area contributed by atoms with E-state index in [-0.39, 0.29) is 24.1 Å². The van der Waals surface area contributed by atoms with E-state index in [1.807, 2.05) is 36.2 Å². The maximum absolute atomic E-state index is 13.6. The average Bonchev–Trinajstić information content (AvgIpc) is 3.49. The van der Waals surface area contributed by atoms with Crippen molar-refractivity contribution in [3.05, 3.63) is 29.8 Å². The van der Waals surface area contributed by atoms with Crippen molar-refractivity contribution in [1.82, 2.24) is 15.5 Å². The molecule has 3 atom stereocenters. The second-order valence-electron chi connectivity index (χ2n) is 12.6. The van der Waals surface area contributed by atoms with Gasteiger partial charge >= 0.3 is 6.03 Å².